The molecule has 0 radical (unpaired) electrons. The molecule has 0 saturated carbocycles. The molecule has 1 aliphatic heterocycles. The summed E-state index contributed by atoms with van der Waals surface area (Å²) in [5, 5.41) is 8.90. The number of aliphatic hydroxyl groups excluding tert-OH is 1. The first kappa shape index (κ1) is 18.3. The maximum absolute atomic E-state index is 12.3. The lowest BCUT2D eigenvalue weighted by molar-refractivity contribution is -0.134. The van der Waals surface area contributed by atoms with E-state index in [0.29, 0.717) is 45.7 Å². The molecule has 1 amide bonds. The quantitative estimate of drug-likeness (QED) is 0.663. The highest BCUT2D eigenvalue weighted by Crippen LogP contribution is 2.08. The number of nitrogens with zero attached hydrogens (tertiary/aromatic N) is 3. The highest BCUT2D eigenvalue weighted by atomic mass is 32.2. The highest BCUT2D eigenvalue weighted by molar-refractivity contribution is 7.88. The van der Waals surface area contributed by atoms with Crippen molar-refractivity contribution in [3.63, 3.8) is 0 Å². The Kier molecular flexibility index (Phi) is 7.05. The van der Waals surface area contributed by atoms with Crippen LogP contribution in [0.4, 0.5) is 0 Å². The number of aliphatic hydroxyl groups is 1. The van der Waals surface area contributed by atoms with Crippen LogP contribution in [0.5, 0.6) is 0 Å². The first-order chi connectivity index (χ1) is 9.75. The fraction of sp³-hybridized carbons (Fsp3) is 0.923. The largest absolute Gasteiger partial charge is 0.396 e. The molecular weight excluding hydrogens is 294 g/mol. The zero-order valence-electron chi connectivity index (χ0n) is 13.2. The van der Waals surface area contributed by atoms with Gasteiger partial charge in [-0.3, -0.25) is 9.69 Å². The van der Waals surface area contributed by atoms with Gasteiger partial charge in [-0.2, -0.15) is 4.31 Å². The molecule has 0 aromatic heterocycles. The van der Waals surface area contributed by atoms with Gasteiger partial charge in [0, 0.05) is 45.4 Å². The third-order valence-electron chi connectivity index (χ3n) is 3.73. The van der Waals surface area contributed by atoms with Gasteiger partial charge in [0.25, 0.3) is 0 Å². The van der Waals surface area contributed by atoms with E-state index in [4.69, 9.17) is 5.11 Å². The number of hydrogen-bond donors (Lipinski definition) is 1. The van der Waals surface area contributed by atoms with Gasteiger partial charge in [-0.15, -0.1) is 0 Å². The Balaban J connectivity index is 2.49. The Hall–Kier alpha value is -0.700. The summed E-state index contributed by atoms with van der Waals surface area (Å²) in [5.74, 6) is 0.0230. The molecule has 1 aliphatic rings. The van der Waals surface area contributed by atoms with Gasteiger partial charge in [-0.25, -0.2) is 8.42 Å². The Labute approximate surface area is 127 Å². The molecule has 1 fully saturated rings. The predicted molar refractivity (Wildman–Crippen MR) is 81.4 cm³/mol. The minimum absolute atomic E-state index is 0.0230. The van der Waals surface area contributed by atoms with Crippen LogP contribution in [0.3, 0.4) is 0 Å². The molecule has 0 bridgehead atoms. The van der Waals surface area contributed by atoms with Crippen LogP contribution in [0.1, 0.15) is 20.3 Å². The Morgan fingerprint density at radius 2 is 1.81 bits per heavy atom. The standard InChI is InChI=1S/C13H27N3O4S/c1-12(2)15(5-4-10-17)11-13(18)14-6-8-16(9-7-14)21(3,19)20/h12,17H,4-11H2,1-3H3. The van der Waals surface area contributed by atoms with Crippen LogP contribution < -0.4 is 0 Å². The predicted octanol–water partition coefficient (Wildman–Crippen LogP) is -0.817. The molecule has 1 heterocycles. The second-order valence-corrected chi connectivity index (χ2v) is 7.67. The highest BCUT2D eigenvalue weighted by Gasteiger charge is 2.27. The van der Waals surface area contributed by atoms with Crippen molar-refractivity contribution in [2.24, 2.45) is 0 Å². The van der Waals surface area contributed by atoms with Gasteiger partial charge in [0.05, 0.1) is 12.8 Å². The van der Waals surface area contributed by atoms with Crippen LogP contribution in [0, 0.1) is 0 Å². The second-order valence-electron chi connectivity index (χ2n) is 5.68. The van der Waals surface area contributed by atoms with Gasteiger partial charge in [0.15, 0.2) is 0 Å². The molecule has 7 nitrogen and oxygen atoms in total. The molecule has 0 unspecified atom stereocenters. The summed E-state index contributed by atoms with van der Waals surface area (Å²) in [6.45, 7) is 6.77. The number of carbonyl (C=O) groups excluding carboxylic acids is 1. The van der Waals surface area contributed by atoms with Crippen LogP contribution in [0.2, 0.25) is 0 Å². The molecule has 0 aliphatic carbocycles. The van der Waals surface area contributed by atoms with Crippen molar-refractivity contribution in [1.82, 2.24) is 14.1 Å². The van der Waals surface area contributed by atoms with Gasteiger partial charge in [-0.1, -0.05) is 0 Å². The van der Waals surface area contributed by atoms with E-state index in [1.807, 2.05) is 18.7 Å². The molecule has 8 heteroatoms. The van der Waals surface area contributed by atoms with Crippen molar-refractivity contribution in [2.45, 2.75) is 26.3 Å². The topological polar surface area (TPSA) is 81.2 Å². The summed E-state index contributed by atoms with van der Waals surface area (Å²) in [5.41, 5.74) is 0. The maximum atomic E-state index is 12.3. The summed E-state index contributed by atoms with van der Waals surface area (Å²) >= 11 is 0. The second kappa shape index (κ2) is 8.07. The van der Waals surface area contributed by atoms with E-state index in [0.717, 1.165) is 0 Å². The van der Waals surface area contributed by atoms with Crippen LogP contribution in [0.25, 0.3) is 0 Å². The summed E-state index contributed by atoms with van der Waals surface area (Å²) in [4.78, 5) is 16.0. The van der Waals surface area contributed by atoms with E-state index < -0.39 is 10.0 Å². The zero-order valence-corrected chi connectivity index (χ0v) is 14.0. The normalized spacial score (nSPS) is 17.7. The lowest BCUT2D eigenvalue weighted by atomic mass is 10.2. The average Bonchev–Trinajstić information content (AvgIpc) is 2.42. The number of rotatable bonds is 7. The van der Waals surface area contributed by atoms with E-state index in [1.54, 1.807) is 4.90 Å². The van der Waals surface area contributed by atoms with E-state index in [2.05, 4.69) is 0 Å². The van der Waals surface area contributed by atoms with E-state index in [9.17, 15) is 13.2 Å². The molecule has 0 aromatic carbocycles. The van der Waals surface area contributed by atoms with Crippen molar-refractivity contribution >= 4 is 15.9 Å². The van der Waals surface area contributed by atoms with Gasteiger partial charge >= 0.3 is 0 Å². The molecular formula is C13H27N3O4S. The summed E-state index contributed by atoms with van der Waals surface area (Å²) in [6, 6.07) is 0.234. The number of carbonyl (C=O) groups is 1. The first-order valence-corrected chi connectivity index (χ1v) is 9.18. The molecule has 0 aromatic rings. The third kappa shape index (κ3) is 5.90. The van der Waals surface area contributed by atoms with Crippen molar-refractivity contribution in [2.75, 3.05) is 52.1 Å². The number of sulfonamides is 1. The van der Waals surface area contributed by atoms with Crippen LogP contribution in [-0.4, -0.2) is 91.7 Å². The average molecular weight is 321 g/mol. The van der Waals surface area contributed by atoms with Gasteiger partial charge in [0.1, 0.15) is 0 Å². The summed E-state index contributed by atoms with van der Waals surface area (Å²) < 4.78 is 24.3. The molecule has 0 spiro atoms. The van der Waals surface area contributed by atoms with E-state index in [1.165, 1.54) is 10.6 Å². The van der Waals surface area contributed by atoms with Crippen LogP contribution in [-0.2, 0) is 14.8 Å². The smallest absolute Gasteiger partial charge is 0.236 e. The van der Waals surface area contributed by atoms with Crippen LogP contribution >= 0.6 is 0 Å². The van der Waals surface area contributed by atoms with Gasteiger partial charge < -0.3 is 10.0 Å². The third-order valence-corrected chi connectivity index (χ3v) is 5.04. The maximum Gasteiger partial charge on any atom is 0.236 e. The van der Waals surface area contributed by atoms with Crippen LogP contribution in [0.15, 0.2) is 0 Å². The van der Waals surface area contributed by atoms with Crippen molar-refractivity contribution < 1.29 is 18.3 Å². The van der Waals surface area contributed by atoms with E-state index in [-0.39, 0.29) is 18.6 Å². The molecule has 1 saturated heterocycles. The van der Waals surface area contributed by atoms with Gasteiger partial charge in [-0.05, 0) is 20.3 Å². The van der Waals surface area contributed by atoms with Crippen molar-refractivity contribution in [3.05, 3.63) is 0 Å². The Bertz CT molecular complexity index is 431. The fourth-order valence-corrected chi connectivity index (χ4v) is 3.16. The Morgan fingerprint density at radius 3 is 2.24 bits per heavy atom. The molecule has 124 valence electrons. The minimum Gasteiger partial charge on any atom is -0.396 e. The zero-order chi connectivity index (χ0) is 16.0. The van der Waals surface area contributed by atoms with Crippen molar-refractivity contribution in [3.8, 4) is 0 Å². The molecule has 21 heavy (non-hydrogen) atoms. The molecule has 1 rings (SSSR count). The lowest BCUT2D eigenvalue weighted by Gasteiger charge is -2.35. The Morgan fingerprint density at radius 1 is 1.24 bits per heavy atom. The molecule has 0 atom stereocenters. The molecule has 1 N–H and O–H groups in total. The van der Waals surface area contributed by atoms with Crippen molar-refractivity contribution in [1.29, 1.82) is 0 Å². The summed E-state index contributed by atoms with van der Waals surface area (Å²) in [7, 11) is -3.17. The minimum atomic E-state index is -3.17. The van der Waals surface area contributed by atoms with Gasteiger partial charge in [0.2, 0.25) is 15.9 Å². The number of amides is 1. The lowest BCUT2D eigenvalue weighted by Crippen LogP contribution is -2.53. The fourth-order valence-electron chi connectivity index (χ4n) is 2.34. The first-order valence-electron chi connectivity index (χ1n) is 7.33. The number of hydrogen-bond acceptors (Lipinski definition) is 5. The SMILES string of the molecule is CC(C)N(CCCO)CC(=O)N1CCN(S(C)(=O)=O)CC1. The van der Waals surface area contributed by atoms with E-state index >= 15 is 0 Å². The summed E-state index contributed by atoms with van der Waals surface area (Å²) in [6.07, 6.45) is 1.84. The monoisotopic (exact) mass is 321 g/mol. The number of piperazine rings is 1.